The maximum absolute atomic E-state index is 10.1. The number of carbonyl (C=O) groups excluding carboxylic acids is 2. The van der Waals surface area contributed by atoms with Crippen LogP contribution in [0.5, 0.6) is 0 Å². The van der Waals surface area contributed by atoms with Crippen molar-refractivity contribution in [2.24, 2.45) is 17.4 Å². The minimum absolute atomic E-state index is 0. The first-order chi connectivity index (χ1) is 3.55. The summed E-state index contributed by atoms with van der Waals surface area (Å²) in [5.41, 5.74) is 9.39. The minimum atomic E-state index is -0.852. The predicted molar refractivity (Wildman–Crippen MR) is 34.8 cm³/mol. The normalized spacial score (nSPS) is 8.22. The van der Waals surface area contributed by atoms with Gasteiger partial charge in [0.1, 0.15) is 5.92 Å². The van der Waals surface area contributed by atoms with Crippen LogP contribution in [-0.2, 0) is 9.59 Å². The molecule has 0 saturated carbocycles. The summed E-state index contributed by atoms with van der Waals surface area (Å²) < 4.78 is 0. The molecular weight excluding hydrogens is 144 g/mol. The second kappa shape index (κ2) is 4.14. The lowest BCUT2D eigenvalue weighted by molar-refractivity contribution is -0.130. The van der Waals surface area contributed by atoms with E-state index in [1.807, 2.05) is 0 Å². The first-order valence-corrected chi connectivity index (χ1v) is 2.14. The van der Waals surface area contributed by atoms with Crippen LogP contribution >= 0.6 is 12.4 Å². The van der Waals surface area contributed by atoms with Crippen LogP contribution < -0.4 is 11.5 Å². The maximum atomic E-state index is 10.1. The molecule has 0 rings (SSSR count). The fourth-order valence-electron chi connectivity index (χ4n) is 0.140. The first kappa shape index (κ1) is 11.1. The van der Waals surface area contributed by atoms with Crippen LogP contribution in [0.1, 0.15) is 6.92 Å². The molecule has 0 aliphatic heterocycles. The summed E-state index contributed by atoms with van der Waals surface area (Å²) in [4.78, 5) is 20.1. The Bertz CT molecular complexity index is 112. The minimum Gasteiger partial charge on any atom is -0.369 e. The van der Waals surface area contributed by atoms with Crippen molar-refractivity contribution < 1.29 is 9.59 Å². The molecule has 0 saturated heterocycles. The largest absolute Gasteiger partial charge is 0.369 e. The van der Waals surface area contributed by atoms with E-state index < -0.39 is 17.7 Å². The summed E-state index contributed by atoms with van der Waals surface area (Å²) in [5, 5.41) is 0. The molecule has 9 heavy (non-hydrogen) atoms. The lowest BCUT2D eigenvalue weighted by Gasteiger charge is -1.97. The van der Waals surface area contributed by atoms with Gasteiger partial charge >= 0.3 is 0 Å². The summed E-state index contributed by atoms with van der Waals surface area (Å²) in [7, 11) is 0. The van der Waals surface area contributed by atoms with Gasteiger partial charge in [-0.1, -0.05) is 0 Å². The average molecular weight is 153 g/mol. The van der Waals surface area contributed by atoms with Crippen molar-refractivity contribution in [3.05, 3.63) is 0 Å². The zero-order valence-electron chi connectivity index (χ0n) is 4.96. The van der Waals surface area contributed by atoms with E-state index in [0.717, 1.165) is 0 Å². The average Bonchev–Trinajstić information content (AvgIpc) is 1.64. The molecular formula is C4H9ClN2O2. The number of carbonyl (C=O) groups is 2. The van der Waals surface area contributed by atoms with E-state index in [0.29, 0.717) is 0 Å². The Morgan fingerprint density at radius 3 is 1.44 bits per heavy atom. The fraction of sp³-hybridized carbons (Fsp3) is 0.500. The molecule has 0 unspecified atom stereocenters. The molecule has 0 spiro atoms. The molecule has 0 atom stereocenters. The molecule has 0 radical (unpaired) electrons. The highest BCUT2D eigenvalue weighted by molar-refractivity contribution is 5.98. The lowest BCUT2D eigenvalue weighted by atomic mass is 10.2. The Hall–Kier alpha value is -0.770. The van der Waals surface area contributed by atoms with Crippen molar-refractivity contribution in [1.29, 1.82) is 0 Å². The van der Waals surface area contributed by atoms with Gasteiger partial charge in [-0.3, -0.25) is 9.59 Å². The van der Waals surface area contributed by atoms with Gasteiger partial charge in [0.2, 0.25) is 11.8 Å². The fourth-order valence-corrected chi connectivity index (χ4v) is 0.140. The summed E-state index contributed by atoms with van der Waals surface area (Å²) in [6, 6.07) is 0. The number of amides is 2. The van der Waals surface area contributed by atoms with Crippen molar-refractivity contribution in [3.8, 4) is 0 Å². The number of hydrogen-bond donors (Lipinski definition) is 2. The molecule has 0 fully saturated rings. The van der Waals surface area contributed by atoms with Gasteiger partial charge in [0.05, 0.1) is 0 Å². The van der Waals surface area contributed by atoms with E-state index in [1.54, 1.807) is 0 Å². The molecule has 54 valence electrons. The molecule has 4 nitrogen and oxygen atoms in total. The van der Waals surface area contributed by atoms with Crippen molar-refractivity contribution >= 4 is 24.2 Å². The molecule has 4 N–H and O–H groups in total. The summed E-state index contributed by atoms with van der Waals surface area (Å²) >= 11 is 0. The zero-order chi connectivity index (χ0) is 6.73. The highest BCUT2D eigenvalue weighted by Gasteiger charge is 2.13. The first-order valence-electron chi connectivity index (χ1n) is 2.14. The Labute approximate surface area is 59.0 Å². The maximum Gasteiger partial charge on any atom is 0.229 e. The van der Waals surface area contributed by atoms with Gasteiger partial charge in [-0.25, -0.2) is 0 Å². The Kier molecular flexibility index (Phi) is 5.10. The van der Waals surface area contributed by atoms with Crippen molar-refractivity contribution in [2.75, 3.05) is 0 Å². The summed E-state index contributed by atoms with van der Waals surface area (Å²) in [6.07, 6.45) is 0. The number of nitrogens with two attached hydrogens (primary N) is 2. The number of halogens is 1. The number of hydrogen-bond acceptors (Lipinski definition) is 2. The van der Waals surface area contributed by atoms with E-state index in [2.05, 4.69) is 0 Å². The molecule has 0 bridgehead atoms. The topological polar surface area (TPSA) is 86.2 Å². The standard InChI is InChI=1S/C4H8N2O2.ClH/c1-2(3(5)7)4(6)8;/h2H,1H3,(H2,5,7)(H2,6,8);1H. The van der Waals surface area contributed by atoms with Crippen LogP contribution in [0.2, 0.25) is 0 Å². The highest BCUT2D eigenvalue weighted by Crippen LogP contribution is 1.87. The summed E-state index contributed by atoms with van der Waals surface area (Å²) in [6.45, 7) is 1.37. The summed E-state index contributed by atoms with van der Waals surface area (Å²) in [5.74, 6) is -2.22. The van der Waals surface area contributed by atoms with Crippen LogP contribution in [0.4, 0.5) is 0 Å². The van der Waals surface area contributed by atoms with Gasteiger partial charge in [0.25, 0.3) is 0 Å². The van der Waals surface area contributed by atoms with E-state index >= 15 is 0 Å². The third-order valence-electron chi connectivity index (χ3n) is 0.854. The van der Waals surface area contributed by atoms with Crippen molar-refractivity contribution in [2.45, 2.75) is 6.92 Å². The predicted octanol–water partition coefficient (Wildman–Crippen LogP) is -0.985. The molecule has 0 aliphatic rings. The van der Waals surface area contributed by atoms with Gasteiger partial charge < -0.3 is 11.5 Å². The SMILES string of the molecule is CC(C(N)=O)C(N)=O.Cl. The monoisotopic (exact) mass is 152 g/mol. The molecule has 0 aromatic carbocycles. The third kappa shape index (κ3) is 3.78. The second-order valence-corrected chi connectivity index (χ2v) is 1.53. The van der Waals surface area contributed by atoms with Crippen LogP contribution in [0.25, 0.3) is 0 Å². The van der Waals surface area contributed by atoms with Gasteiger partial charge in [0, 0.05) is 0 Å². The van der Waals surface area contributed by atoms with Crippen LogP contribution in [0.3, 0.4) is 0 Å². The molecule has 0 aromatic rings. The lowest BCUT2D eigenvalue weighted by Crippen LogP contribution is -2.32. The molecule has 2 amide bonds. The van der Waals surface area contributed by atoms with E-state index in [1.165, 1.54) is 6.92 Å². The van der Waals surface area contributed by atoms with Crippen LogP contribution in [0, 0.1) is 5.92 Å². The van der Waals surface area contributed by atoms with Crippen LogP contribution in [-0.4, -0.2) is 11.8 Å². The van der Waals surface area contributed by atoms with E-state index in [-0.39, 0.29) is 12.4 Å². The third-order valence-corrected chi connectivity index (χ3v) is 0.854. The molecule has 0 heterocycles. The van der Waals surface area contributed by atoms with Crippen molar-refractivity contribution in [1.82, 2.24) is 0 Å². The second-order valence-electron chi connectivity index (χ2n) is 1.53. The molecule has 0 aliphatic carbocycles. The van der Waals surface area contributed by atoms with Crippen molar-refractivity contribution in [3.63, 3.8) is 0 Å². The smallest absolute Gasteiger partial charge is 0.229 e. The Morgan fingerprint density at radius 1 is 1.22 bits per heavy atom. The Morgan fingerprint density at radius 2 is 1.44 bits per heavy atom. The number of rotatable bonds is 2. The molecule has 0 aromatic heterocycles. The van der Waals surface area contributed by atoms with E-state index in [4.69, 9.17) is 11.5 Å². The zero-order valence-corrected chi connectivity index (χ0v) is 5.77. The van der Waals surface area contributed by atoms with Crippen LogP contribution in [0.15, 0.2) is 0 Å². The Balaban J connectivity index is 0. The number of primary amides is 2. The van der Waals surface area contributed by atoms with Gasteiger partial charge in [-0.2, -0.15) is 0 Å². The van der Waals surface area contributed by atoms with Gasteiger partial charge in [0.15, 0.2) is 0 Å². The highest BCUT2D eigenvalue weighted by atomic mass is 35.5. The quantitative estimate of drug-likeness (QED) is 0.498. The van der Waals surface area contributed by atoms with Gasteiger partial charge in [-0.15, -0.1) is 12.4 Å². The molecule has 5 heteroatoms. The van der Waals surface area contributed by atoms with Gasteiger partial charge in [-0.05, 0) is 6.92 Å². The van der Waals surface area contributed by atoms with E-state index in [9.17, 15) is 9.59 Å².